The van der Waals surface area contributed by atoms with Crippen LogP contribution in [0.4, 0.5) is 13.2 Å². The first-order valence-corrected chi connectivity index (χ1v) is 7.38. The van der Waals surface area contributed by atoms with E-state index in [1.54, 1.807) is 19.2 Å². The molecule has 1 nitrogen and oxygen atoms in total. The number of alkyl halides is 3. The topological polar surface area (TPSA) is 9.23 Å². The predicted octanol–water partition coefficient (Wildman–Crippen LogP) is 1.93. The Morgan fingerprint density at radius 2 is 2.08 bits per heavy atom. The third kappa shape index (κ3) is 4.10. The number of rotatable bonds is 4. The van der Waals surface area contributed by atoms with Crippen molar-refractivity contribution in [2.24, 2.45) is 0 Å². The maximum absolute atomic E-state index is 12.1. The zero-order valence-electron chi connectivity index (χ0n) is 8.11. The Morgan fingerprint density at radius 1 is 1.62 bits per heavy atom. The van der Waals surface area contributed by atoms with Crippen LogP contribution in [0.25, 0.3) is 0 Å². The van der Waals surface area contributed by atoms with E-state index in [0.29, 0.717) is 10.5 Å². The first-order valence-electron chi connectivity index (χ1n) is 4.00. The van der Waals surface area contributed by atoms with Gasteiger partial charge >= 0.3 is 6.18 Å². The van der Waals surface area contributed by atoms with Crippen LogP contribution in [0.2, 0.25) is 12.1 Å². The lowest BCUT2D eigenvalue weighted by Crippen LogP contribution is -2.38. The van der Waals surface area contributed by atoms with Crippen molar-refractivity contribution in [3.8, 4) is 0 Å². The molecule has 0 heterocycles. The molecule has 0 spiro atoms. The van der Waals surface area contributed by atoms with Crippen molar-refractivity contribution in [2.45, 2.75) is 31.6 Å². The van der Waals surface area contributed by atoms with Crippen LogP contribution in [0.3, 0.4) is 0 Å². The average molecular weight is 228 g/mol. The minimum atomic E-state index is -4.10. The van der Waals surface area contributed by atoms with Crippen molar-refractivity contribution in [3.63, 3.8) is 0 Å². The molecule has 2 atom stereocenters. The van der Waals surface area contributed by atoms with Gasteiger partial charge in [0.2, 0.25) is 8.32 Å². The fourth-order valence-corrected chi connectivity index (χ4v) is 4.35. The van der Waals surface area contributed by atoms with E-state index in [1.165, 1.54) is 0 Å². The van der Waals surface area contributed by atoms with E-state index in [4.69, 9.17) is 4.12 Å². The molecule has 0 N–H and O–H groups in total. The highest BCUT2D eigenvalue weighted by molar-refractivity contribution is 6.80. The van der Waals surface area contributed by atoms with E-state index in [1.807, 2.05) is 0 Å². The predicted molar refractivity (Wildman–Crippen MR) is 52.9 cm³/mol. The maximum Gasteiger partial charge on any atom is 0.389 e. The van der Waals surface area contributed by atoms with Gasteiger partial charge < -0.3 is 4.12 Å². The van der Waals surface area contributed by atoms with Gasteiger partial charge in [-0.2, -0.15) is 13.2 Å². The summed E-state index contributed by atoms with van der Waals surface area (Å²) in [6.07, 6.45) is -4.87. The van der Waals surface area contributed by atoms with E-state index < -0.39 is 26.5 Å². The molecule has 0 saturated carbocycles. The molecule has 0 fully saturated rings. The van der Waals surface area contributed by atoms with Gasteiger partial charge in [0, 0.05) is 6.42 Å². The van der Waals surface area contributed by atoms with Crippen molar-refractivity contribution in [1.82, 2.24) is 0 Å². The molecule has 0 radical (unpaired) electrons. The largest absolute Gasteiger partial charge is 0.461 e. The Balaban J connectivity index is 4.39. The lowest BCUT2D eigenvalue weighted by atomic mass is 10.3. The fraction of sp³-hybridized carbons (Fsp3) is 0.714. The highest BCUT2D eigenvalue weighted by Gasteiger charge is 2.39. The van der Waals surface area contributed by atoms with E-state index >= 15 is 0 Å². The van der Waals surface area contributed by atoms with Gasteiger partial charge in [-0.1, -0.05) is 12.6 Å². The zero-order chi connectivity index (χ0) is 10.7. The quantitative estimate of drug-likeness (QED) is 0.668. The van der Waals surface area contributed by atoms with E-state index in [2.05, 4.69) is 6.58 Å². The number of hydrogen-bond donors (Lipinski definition) is 0. The molecule has 0 aliphatic rings. The fourth-order valence-electron chi connectivity index (χ4n) is 1.04. The summed E-state index contributed by atoms with van der Waals surface area (Å²) in [6, 6.07) is 0. The van der Waals surface area contributed by atoms with Gasteiger partial charge in [-0.15, -0.1) is 6.58 Å². The summed E-state index contributed by atoms with van der Waals surface area (Å²) in [5.41, 5.74) is 1.12. The second-order valence-electron chi connectivity index (χ2n) is 3.31. The van der Waals surface area contributed by atoms with Crippen molar-refractivity contribution in [1.29, 1.82) is 0 Å². The van der Waals surface area contributed by atoms with Gasteiger partial charge in [0.25, 0.3) is 0 Å². The molecule has 0 saturated heterocycles. The first kappa shape index (κ1) is 12.9. The molecular formula is C7H15F3OSi2. The average Bonchev–Trinajstić information content (AvgIpc) is 2.00. The smallest absolute Gasteiger partial charge is 0.389 e. The second kappa shape index (κ2) is 4.43. The van der Waals surface area contributed by atoms with Crippen LogP contribution < -0.4 is 0 Å². The third-order valence-corrected chi connectivity index (χ3v) is 8.85. The van der Waals surface area contributed by atoms with Gasteiger partial charge in [0.1, 0.15) is 10.5 Å². The highest BCUT2D eigenvalue weighted by atomic mass is 28.4. The molecule has 0 bridgehead atoms. The summed E-state index contributed by atoms with van der Waals surface area (Å²) >= 11 is 0. The van der Waals surface area contributed by atoms with Gasteiger partial charge in [0.15, 0.2) is 0 Å². The third-order valence-electron chi connectivity index (χ3n) is 2.36. The molecule has 0 amide bonds. The van der Waals surface area contributed by atoms with Crippen LogP contribution >= 0.6 is 0 Å². The molecule has 6 heteroatoms. The summed E-state index contributed by atoms with van der Waals surface area (Å²) in [7, 11) is -1.84. The van der Waals surface area contributed by atoms with Crippen LogP contribution in [0.15, 0.2) is 12.3 Å². The molecule has 13 heavy (non-hydrogen) atoms. The molecule has 0 aromatic heterocycles. The van der Waals surface area contributed by atoms with E-state index in [-0.39, 0.29) is 0 Å². The highest BCUT2D eigenvalue weighted by Crippen LogP contribution is 2.34. The van der Waals surface area contributed by atoms with Gasteiger partial charge in [-0.3, -0.25) is 0 Å². The Bertz CT molecular complexity index is 183. The monoisotopic (exact) mass is 228 g/mol. The lowest BCUT2D eigenvalue weighted by molar-refractivity contribution is -0.135. The number of halogens is 3. The van der Waals surface area contributed by atoms with Crippen molar-refractivity contribution in [2.75, 3.05) is 0 Å². The zero-order valence-corrected chi connectivity index (χ0v) is 11.1. The molecule has 78 valence electrons. The summed E-state index contributed by atoms with van der Waals surface area (Å²) in [4.78, 5) is 0. The van der Waals surface area contributed by atoms with Crippen molar-refractivity contribution >= 4 is 18.8 Å². The summed E-state index contributed by atoms with van der Waals surface area (Å²) in [5, 5.41) is 0. The van der Waals surface area contributed by atoms with Crippen LogP contribution in [0, 0.1) is 0 Å². The molecular weight excluding hydrogens is 213 g/mol. The Morgan fingerprint density at radius 3 is 2.31 bits per heavy atom. The minimum absolute atomic E-state index is 0.456. The van der Waals surface area contributed by atoms with Crippen LogP contribution in [-0.2, 0) is 4.12 Å². The standard InChI is InChI=1S/C7H15F3OSi2/c1-4-13(3,11-12)6(2)5-7(8,9)10/h4,6H,1,5H2,2-3,12H3. The van der Waals surface area contributed by atoms with E-state index in [0.717, 1.165) is 0 Å². The molecule has 0 aromatic rings. The summed E-state index contributed by atoms with van der Waals surface area (Å²) in [5.74, 6) is 0. The molecule has 0 aliphatic heterocycles. The minimum Gasteiger partial charge on any atom is -0.461 e. The Hall–Kier alpha value is -0.0762. The van der Waals surface area contributed by atoms with Crippen molar-refractivity contribution in [3.05, 3.63) is 12.3 Å². The Kier molecular flexibility index (Phi) is 4.40. The normalized spacial score (nSPS) is 19.5. The summed E-state index contributed by atoms with van der Waals surface area (Å²) in [6.45, 7) is 6.90. The maximum atomic E-state index is 12.1. The van der Waals surface area contributed by atoms with Crippen LogP contribution in [0.1, 0.15) is 13.3 Å². The van der Waals surface area contributed by atoms with Crippen LogP contribution in [-0.4, -0.2) is 25.0 Å². The van der Waals surface area contributed by atoms with Gasteiger partial charge in [-0.05, 0) is 12.1 Å². The number of hydrogen-bond acceptors (Lipinski definition) is 1. The van der Waals surface area contributed by atoms with Crippen molar-refractivity contribution < 1.29 is 17.3 Å². The second-order valence-corrected chi connectivity index (χ2v) is 8.71. The molecule has 2 unspecified atom stereocenters. The first-order chi connectivity index (χ1) is 5.75. The van der Waals surface area contributed by atoms with Crippen LogP contribution in [0.5, 0.6) is 0 Å². The molecule has 0 aromatic carbocycles. The Labute approximate surface area is 80.6 Å². The summed E-state index contributed by atoms with van der Waals surface area (Å²) < 4.78 is 41.4. The lowest BCUT2D eigenvalue weighted by Gasteiger charge is -2.29. The van der Waals surface area contributed by atoms with Gasteiger partial charge in [-0.25, -0.2) is 0 Å². The SMILES string of the molecule is C=C[Si](C)(O[SiH3])C(C)CC(F)(F)F. The molecule has 0 rings (SSSR count). The van der Waals surface area contributed by atoms with E-state index in [9.17, 15) is 13.2 Å². The van der Waals surface area contributed by atoms with Gasteiger partial charge in [0.05, 0.1) is 0 Å². The molecule has 0 aliphatic carbocycles.